The summed E-state index contributed by atoms with van der Waals surface area (Å²) in [6.07, 6.45) is 4.28. The molecule has 0 saturated carbocycles. The third-order valence-corrected chi connectivity index (χ3v) is 7.28. The van der Waals surface area contributed by atoms with Crippen LogP contribution in [0, 0.1) is 11.8 Å². The molecule has 0 amide bonds. The Kier molecular flexibility index (Phi) is 5.55. The summed E-state index contributed by atoms with van der Waals surface area (Å²) in [6, 6.07) is 40.1. The molecule has 38 heavy (non-hydrogen) atoms. The van der Waals surface area contributed by atoms with Crippen molar-refractivity contribution in [3.63, 3.8) is 0 Å². The number of aromatic nitrogens is 3. The minimum atomic E-state index is 0.869. The number of benzene rings is 5. The van der Waals surface area contributed by atoms with Crippen molar-refractivity contribution in [3.05, 3.63) is 138 Å². The summed E-state index contributed by atoms with van der Waals surface area (Å²) in [6.45, 7) is 0. The Balaban J connectivity index is 1.11. The predicted molar refractivity (Wildman–Crippen MR) is 160 cm³/mol. The highest BCUT2D eigenvalue weighted by molar-refractivity contribution is 7.00. The van der Waals surface area contributed by atoms with Gasteiger partial charge in [-0.3, -0.25) is 0 Å². The number of fused-ring (bicyclic) bond motifs is 4. The van der Waals surface area contributed by atoms with Crippen LogP contribution in [0.25, 0.3) is 50.7 Å². The van der Waals surface area contributed by atoms with E-state index in [9.17, 15) is 0 Å². The van der Waals surface area contributed by atoms with E-state index in [1.54, 1.807) is 0 Å². The van der Waals surface area contributed by atoms with Crippen LogP contribution < -0.4 is 0 Å². The number of para-hydroxylation sites is 2. The fraction of sp³-hybridized carbons (Fsp3) is 0. The number of hydrogen-bond acceptors (Lipinski definition) is 3. The van der Waals surface area contributed by atoms with E-state index in [0.29, 0.717) is 0 Å². The minimum Gasteiger partial charge on any atom is -0.309 e. The van der Waals surface area contributed by atoms with Crippen LogP contribution >= 0.6 is 11.7 Å². The molecule has 0 aliphatic rings. The highest BCUT2D eigenvalue weighted by Crippen LogP contribution is 2.31. The molecule has 2 heterocycles. The zero-order chi connectivity index (χ0) is 25.3. The molecule has 0 aliphatic carbocycles. The van der Waals surface area contributed by atoms with Crippen molar-refractivity contribution in [2.75, 3.05) is 0 Å². The third kappa shape index (κ3) is 4.06. The molecule has 5 aromatic carbocycles. The van der Waals surface area contributed by atoms with Crippen LogP contribution in [0.4, 0.5) is 0 Å². The molecule has 0 saturated heterocycles. The molecule has 4 heteroatoms. The van der Waals surface area contributed by atoms with Crippen LogP contribution in [0.5, 0.6) is 0 Å². The standard InChI is InChI=1S/C34H21N3S/c1-3-10-32-29(7-1)30-8-2-4-11-33(30)37(32)28-22-19-26(20-23-28)17-14-24-12-15-25(16-13-24)18-21-27-6-5-9-31-34(27)36-38-35-31/h1-17,19-20,22-23H/b17-14+. The Hall–Kier alpha value is -4.98. The van der Waals surface area contributed by atoms with Gasteiger partial charge in [-0.25, -0.2) is 0 Å². The maximum absolute atomic E-state index is 4.36. The molecule has 0 fully saturated rings. The van der Waals surface area contributed by atoms with Crippen LogP contribution in [0.1, 0.15) is 22.3 Å². The normalized spacial score (nSPS) is 11.4. The summed E-state index contributed by atoms with van der Waals surface area (Å²) in [5.41, 5.74) is 9.53. The summed E-state index contributed by atoms with van der Waals surface area (Å²) >= 11 is 1.22. The third-order valence-electron chi connectivity index (χ3n) is 6.74. The molecular formula is C34H21N3S. The van der Waals surface area contributed by atoms with Gasteiger partial charge in [-0.15, -0.1) is 0 Å². The molecule has 3 nitrogen and oxygen atoms in total. The van der Waals surface area contributed by atoms with Gasteiger partial charge in [0.2, 0.25) is 0 Å². The Morgan fingerprint density at radius 1 is 0.579 bits per heavy atom. The lowest BCUT2D eigenvalue weighted by Gasteiger charge is -2.08. The average molecular weight is 504 g/mol. The van der Waals surface area contributed by atoms with Crippen LogP contribution in [0.15, 0.2) is 115 Å². The molecule has 0 aliphatic heterocycles. The van der Waals surface area contributed by atoms with Crippen molar-refractivity contribution in [2.45, 2.75) is 0 Å². The number of hydrogen-bond donors (Lipinski definition) is 0. The van der Waals surface area contributed by atoms with Crippen molar-refractivity contribution >= 4 is 56.7 Å². The van der Waals surface area contributed by atoms with E-state index in [1.807, 2.05) is 18.2 Å². The highest BCUT2D eigenvalue weighted by atomic mass is 32.1. The first-order valence-electron chi connectivity index (χ1n) is 12.4. The molecular weight excluding hydrogens is 482 g/mol. The smallest absolute Gasteiger partial charge is 0.120 e. The van der Waals surface area contributed by atoms with Gasteiger partial charge in [-0.1, -0.05) is 90.7 Å². The fourth-order valence-electron chi connectivity index (χ4n) is 4.85. The van der Waals surface area contributed by atoms with E-state index in [4.69, 9.17) is 0 Å². The SMILES string of the molecule is C(#Cc1cccc2nsnc12)c1ccc(/C=C/c2ccc(-n3c4ccccc4c4ccccc43)cc2)cc1. The van der Waals surface area contributed by atoms with Crippen molar-refractivity contribution in [2.24, 2.45) is 0 Å². The van der Waals surface area contributed by atoms with E-state index in [1.165, 1.54) is 33.5 Å². The second-order valence-electron chi connectivity index (χ2n) is 9.10. The topological polar surface area (TPSA) is 30.7 Å². The van der Waals surface area contributed by atoms with Gasteiger partial charge in [0.1, 0.15) is 11.0 Å². The largest absolute Gasteiger partial charge is 0.309 e. The number of rotatable bonds is 3. The summed E-state index contributed by atoms with van der Waals surface area (Å²) in [4.78, 5) is 0. The van der Waals surface area contributed by atoms with Crippen molar-refractivity contribution in [1.82, 2.24) is 13.3 Å². The van der Waals surface area contributed by atoms with E-state index < -0.39 is 0 Å². The second-order valence-corrected chi connectivity index (χ2v) is 9.63. The van der Waals surface area contributed by atoms with E-state index in [0.717, 1.165) is 39.0 Å². The quantitative estimate of drug-likeness (QED) is 0.179. The van der Waals surface area contributed by atoms with Crippen molar-refractivity contribution < 1.29 is 0 Å². The molecule has 0 radical (unpaired) electrons. The highest BCUT2D eigenvalue weighted by Gasteiger charge is 2.10. The van der Waals surface area contributed by atoms with Gasteiger partial charge in [0.25, 0.3) is 0 Å². The summed E-state index contributed by atoms with van der Waals surface area (Å²) < 4.78 is 11.0. The first kappa shape index (κ1) is 22.2. The summed E-state index contributed by atoms with van der Waals surface area (Å²) in [5, 5.41) is 2.55. The fourth-order valence-corrected chi connectivity index (χ4v) is 5.40. The molecule has 0 N–H and O–H groups in total. The van der Waals surface area contributed by atoms with E-state index in [-0.39, 0.29) is 0 Å². The zero-order valence-corrected chi connectivity index (χ0v) is 21.2. The van der Waals surface area contributed by atoms with Crippen LogP contribution in [0.3, 0.4) is 0 Å². The summed E-state index contributed by atoms with van der Waals surface area (Å²) in [7, 11) is 0. The van der Waals surface area contributed by atoms with Gasteiger partial charge >= 0.3 is 0 Å². The average Bonchev–Trinajstić information content (AvgIpc) is 3.59. The second kappa shape index (κ2) is 9.48. The predicted octanol–water partition coefficient (Wildman–Crippen LogP) is 8.36. The first-order chi connectivity index (χ1) is 18.8. The summed E-state index contributed by atoms with van der Waals surface area (Å²) in [5.74, 6) is 6.49. The minimum absolute atomic E-state index is 0.869. The Bertz CT molecular complexity index is 1960. The molecule has 0 bridgehead atoms. The lowest BCUT2D eigenvalue weighted by atomic mass is 10.1. The van der Waals surface area contributed by atoms with E-state index >= 15 is 0 Å². The molecule has 0 atom stereocenters. The first-order valence-corrected chi connectivity index (χ1v) is 13.2. The Labute approximate surface area is 224 Å². The molecule has 2 aromatic heterocycles. The maximum Gasteiger partial charge on any atom is 0.120 e. The molecule has 7 rings (SSSR count). The van der Waals surface area contributed by atoms with Gasteiger partial charge in [0.15, 0.2) is 0 Å². The van der Waals surface area contributed by atoms with Gasteiger partial charge < -0.3 is 4.57 Å². The van der Waals surface area contributed by atoms with Gasteiger partial charge in [-0.05, 0) is 59.7 Å². The Morgan fingerprint density at radius 3 is 1.89 bits per heavy atom. The molecule has 178 valence electrons. The molecule has 0 spiro atoms. The van der Waals surface area contributed by atoms with Gasteiger partial charge in [-0.2, -0.15) is 8.75 Å². The molecule has 7 aromatic rings. The number of nitrogens with zero attached hydrogens (tertiary/aromatic N) is 3. The van der Waals surface area contributed by atoms with Gasteiger partial charge in [0, 0.05) is 22.0 Å². The lowest BCUT2D eigenvalue weighted by Crippen LogP contribution is -1.93. The van der Waals surface area contributed by atoms with Crippen molar-refractivity contribution in [3.8, 4) is 17.5 Å². The molecule has 0 unspecified atom stereocenters. The lowest BCUT2D eigenvalue weighted by molar-refractivity contribution is 1.18. The Morgan fingerprint density at radius 2 is 1.21 bits per heavy atom. The van der Waals surface area contributed by atoms with Gasteiger partial charge in [0.05, 0.1) is 28.3 Å². The monoisotopic (exact) mass is 503 g/mol. The maximum atomic E-state index is 4.36. The van der Waals surface area contributed by atoms with Crippen LogP contribution in [-0.2, 0) is 0 Å². The van der Waals surface area contributed by atoms with Crippen LogP contribution in [0.2, 0.25) is 0 Å². The van der Waals surface area contributed by atoms with Crippen molar-refractivity contribution in [1.29, 1.82) is 0 Å². The zero-order valence-electron chi connectivity index (χ0n) is 20.4. The van der Waals surface area contributed by atoms with E-state index in [2.05, 4.69) is 134 Å². The van der Waals surface area contributed by atoms with Crippen LogP contribution in [-0.4, -0.2) is 13.3 Å².